The maximum Gasteiger partial charge on any atom is 0.0991 e. The zero-order chi connectivity index (χ0) is 14.1. The molecule has 3 nitrogen and oxygen atoms in total. The fraction of sp³-hybridized carbons (Fsp3) is 0. The average Bonchev–Trinajstić information content (AvgIpc) is 3.09. The molecule has 0 unspecified atom stereocenters. The van der Waals surface area contributed by atoms with E-state index in [0.29, 0.717) is 0 Å². The summed E-state index contributed by atoms with van der Waals surface area (Å²) in [6.07, 6.45) is 7.38. The van der Waals surface area contributed by atoms with Crippen LogP contribution in [0.5, 0.6) is 0 Å². The van der Waals surface area contributed by atoms with Gasteiger partial charge in [-0.2, -0.15) is 0 Å². The van der Waals surface area contributed by atoms with Gasteiger partial charge in [0, 0.05) is 24.0 Å². The van der Waals surface area contributed by atoms with E-state index in [2.05, 4.69) is 52.4 Å². The number of hydrogen-bond donors (Lipinski definition) is 0. The number of benzene rings is 2. The number of aromatic nitrogens is 3. The van der Waals surface area contributed by atoms with Gasteiger partial charge in [0.1, 0.15) is 0 Å². The Labute approximate surface area is 122 Å². The molecule has 0 spiro atoms. The van der Waals surface area contributed by atoms with Crippen molar-refractivity contribution in [2.24, 2.45) is 0 Å². The fourth-order valence-corrected chi connectivity index (χ4v) is 2.57. The van der Waals surface area contributed by atoms with Gasteiger partial charge >= 0.3 is 0 Å². The largest absolute Gasteiger partial charge is 0.306 e. The Morgan fingerprint density at radius 3 is 2.52 bits per heavy atom. The first-order valence-electron chi connectivity index (χ1n) is 6.84. The SMILES string of the molecule is c1ccc(-c2ccc3nccc(-n4ccnc4)c3c2)cc1. The highest BCUT2D eigenvalue weighted by atomic mass is 15.0. The van der Waals surface area contributed by atoms with Crippen molar-refractivity contribution in [3.05, 3.63) is 79.5 Å². The van der Waals surface area contributed by atoms with Crippen molar-refractivity contribution in [1.29, 1.82) is 0 Å². The maximum absolute atomic E-state index is 4.45. The first-order valence-corrected chi connectivity index (χ1v) is 6.84. The van der Waals surface area contributed by atoms with E-state index in [-0.39, 0.29) is 0 Å². The van der Waals surface area contributed by atoms with Gasteiger partial charge in [0.25, 0.3) is 0 Å². The van der Waals surface area contributed by atoms with Crippen molar-refractivity contribution in [2.75, 3.05) is 0 Å². The predicted octanol–water partition coefficient (Wildman–Crippen LogP) is 4.09. The van der Waals surface area contributed by atoms with Crippen LogP contribution in [0.2, 0.25) is 0 Å². The molecule has 100 valence electrons. The van der Waals surface area contributed by atoms with Gasteiger partial charge in [0.15, 0.2) is 0 Å². The Bertz CT molecular complexity index is 881. The number of nitrogens with zero attached hydrogens (tertiary/aromatic N) is 3. The molecule has 0 radical (unpaired) electrons. The highest BCUT2D eigenvalue weighted by Crippen LogP contribution is 2.27. The van der Waals surface area contributed by atoms with Gasteiger partial charge in [-0.3, -0.25) is 4.98 Å². The van der Waals surface area contributed by atoms with E-state index in [1.54, 1.807) is 6.20 Å². The van der Waals surface area contributed by atoms with Crippen LogP contribution in [0.25, 0.3) is 27.7 Å². The lowest BCUT2D eigenvalue weighted by atomic mass is 10.0. The van der Waals surface area contributed by atoms with Crippen LogP contribution in [0.1, 0.15) is 0 Å². The quantitative estimate of drug-likeness (QED) is 0.550. The number of hydrogen-bond acceptors (Lipinski definition) is 2. The van der Waals surface area contributed by atoms with Gasteiger partial charge in [-0.1, -0.05) is 36.4 Å². The second-order valence-corrected chi connectivity index (χ2v) is 4.90. The second kappa shape index (κ2) is 4.87. The fourth-order valence-electron chi connectivity index (χ4n) is 2.57. The summed E-state index contributed by atoms with van der Waals surface area (Å²) < 4.78 is 2.01. The third-order valence-electron chi connectivity index (χ3n) is 3.61. The molecule has 2 heterocycles. The number of pyridine rings is 1. The topological polar surface area (TPSA) is 30.7 Å². The van der Waals surface area contributed by atoms with Gasteiger partial charge in [0.05, 0.1) is 17.5 Å². The Hall–Kier alpha value is -2.94. The van der Waals surface area contributed by atoms with Crippen molar-refractivity contribution in [1.82, 2.24) is 14.5 Å². The molecule has 0 saturated carbocycles. The third kappa shape index (κ3) is 2.09. The van der Waals surface area contributed by atoms with E-state index in [1.807, 2.05) is 35.4 Å². The van der Waals surface area contributed by atoms with Crippen LogP contribution >= 0.6 is 0 Å². The number of imidazole rings is 1. The molecule has 4 aromatic rings. The summed E-state index contributed by atoms with van der Waals surface area (Å²) in [4.78, 5) is 8.58. The molecule has 2 aromatic heterocycles. The summed E-state index contributed by atoms with van der Waals surface area (Å²) >= 11 is 0. The first kappa shape index (κ1) is 11.9. The molecule has 0 aliphatic carbocycles. The normalized spacial score (nSPS) is 10.9. The van der Waals surface area contributed by atoms with Crippen LogP contribution in [0.3, 0.4) is 0 Å². The zero-order valence-corrected chi connectivity index (χ0v) is 11.3. The van der Waals surface area contributed by atoms with Crippen molar-refractivity contribution >= 4 is 10.9 Å². The molecule has 0 aliphatic heterocycles. The summed E-state index contributed by atoms with van der Waals surface area (Å²) in [6, 6.07) is 18.8. The van der Waals surface area contributed by atoms with Crippen LogP contribution in [-0.4, -0.2) is 14.5 Å². The Morgan fingerprint density at radius 2 is 1.71 bits per heavy atom. The van der Waals surface area contributed by atoms with Crippen LogP contribution in [0, 0.1) is 0 Å². The lowest BCUT2D eigenvalue weighted by Crippen LogP contribution is -1.93. The lowest BCUT2D eigenvalue weighted by molar-refractivity contribution is 1.06. The van der Waals surface area contributed by atoms with E-state index in [1.165, 1.54) is 11.1 Å². The molecule has 4 rings (SSSR count). The van der Waals surface area contributed by atoms with Crippen LogP contribution in [-0.2, 0) is 0 Å². The van der Waals surface area contributed by atoms with Crippen molar-refractivity contribution in [2.45, 2.75) is 0 Å². The Kier molecular flexibility index (Phi) is 2.75. The Balaban J connectivity index is 1.96. The molecular formula is C18H13N3. The molecule has 0 aliphatic rings. The molecule has 2 aromatic carbocycles. The summed E-state index contributed by atoms with van der Waals surface area (Å²) in [5.74, 6) is 0. The molecule has 0 amide bonds. The average molecular weight is 271 g/mol. The molecule has 0 N–H and O–H groups in total. The smallest absolute Gasteiger partial charge is 0.0991 e. The van der Waals surface area contributed by atoms with E-state index >= 15 is 0 Å². The molecule has 0 fully saturated rings. The summed E-state index contributed by atoms with van der Waals surface area (Å²) in [5.41, 5.74) is 4.48. The Morgan fingerprint density at radius 1 is 0.810 bits per heavy atom. The second-order valence-electron chi connectivity index (χ2n) is 4.90. The minimum atomic E-state index is 0.987. The summed E-state index contributed by atoms with van der Waals surface area (Å²) in [5, 5.41) is 1.12. The van der Waals surface area contributed by atoms with E-state index < -0.39 is 0 Å². The van der Waals surface area contributed by atoms with E-state index in [0.717, 1.165) is 16.6 Å². The minimum Gasteiger partial charge on any atom is -0.306 e. The van der Waals surface area contributed by atoms with E-state index in [4.69, 9.17) is 0 Å². The van der Waals surface area contributed by atoms with Gasteiger partial charge in [-0.15, -0.1) is 0 Å². The van der Waals surface area contributed by atoms with Crippen molar-refractivity contribution in [3.8, 4) is 16.8 Å². The minimum absolute atomic E-state index is 0.987. The molecule has 0 saturated heterocycles. The van der Waals surface area contributed by atoms with Crippen LogP contribution < -0.4 is 0 Å². The van der Waals surface area contributed by atoms with Crippen LogP contribution in [0.15, 0.2) is 79.5 Å². The summed E-state index contributed by atoms with van der Waals surface area (Å²) in [7, 11) is 0. The molecule has 0 bridgehead atoms. The first-order chi connectivity index (χ1) is 10.4. The highest BCUT2D eigenvalue weighted by Gasteiger charge is 2.06. The maximum atomic E-state index is 4.45. The third-order valence-corrected chi connectivity index (χ3v) is 3.61. The zero-order valence-electron chi connectivity index (χ0n) is 11.3. The predicted molar refractivity (Wildman–Crippen MR) is 84.3 cm³/mol. The summed E-state index contributed by atoms with van der Waals surface area (Å²) in [6.45, 7) is 0. The van der Waals surface area contributed by atoms with Gasteiger partial charge in [-0.25, -0.2) is 4.98 Å². The van der Waals surface area contributed by atoms with Gasteiger partial charge in [0.2, 0.25) is 0 Å². The molecule has 0 atom stereocenters. The standard InChI is InChI=1S/C18H13N3/c1-2-4-14(5-3-1)15-6-7-17-16(12-15)18(8-9-20-17)21-11-10-19-13-21/h1-13H. The molecular weight excluding hydrogens is 258 g/mol. The molecule has 3 heteroatoms. The lowest BCUT2D eigenvalue weighted by Gasteiger charge is -2.09. The van der Waals surface area contributed by atoms with Crippen LogP contribution in [0.4, 0.5) is 0 Å². The van der Waals surface area contributed by atoms with E-state index in [9.17, 15) is 0 Å². The number of fused-ring (bicyclic) bond motifs is 1. The highest BCUT2D eigenvalue weighted by molar-refractivity contribution is 5.90. The van der Waals surface area contributed by atoms with Crippen molar-refractivity contribution in [3.63, 3.8) is 0 Å². The monoisotopic (exact) mass is 271 g/mol. The molecule has 21 heavy (non-hydrogen) atoms. The number of rotatable bonds is 2. The van der Waals surface area contributed by atoms with Gasteiger partial charge < -0.3 is 4.57 Å². The van der Waals surface area contributed by atoms with Gasteiger partial charge in [-0.05, 0) is 29.3 Å². The van der Waals surface area contributed by atoms with Crippen molar-refractivity contribution < 1.29 is 0 Å².